The summed E-state index contributed by atoms with van der Waals surface area (Å²) in [6.07, 6.45) is 1.05. The van der Waals surface area contributed by atoms with Gasteiger partial charge >= 0.3 is 0 Å². The monoisotopic (exact) mass is 286 g/mol. The van der Waals surface area contributed by atoms with E-state index < -0.39 is 8.32 Å². The molecule has 0 saturated heterocycles. The van der Waals surface area contributed by atoms with Crippen LogP contribution in [0, 0.1) is 17.3 Å². The van der Waals surface area contributed by atoms with Crippen molar-refractivity contribution in [3.8, 4) is 0 Å². The Bertz CT molecular complexity index is 332. The minimum absolute atomic E-state index is 0.242. The molecule has 1 nitrogen and oxygen atoms in total. The van der Waals surface area contributed by atoms with E-state index in [-0.39, 0.29) is 10.5 Å². The van der Waals surface area contributed by atoms with Gasteiger partial charge in [-0.1, -0.05) is 53.8 Å². The molecule has 0 aromatic carbocycles. The molecule has 0 radical (unpaired) electrons. The Kier molecular flexibility index (Phi) is 4.52. The van der Waals surface area contributed by atoms with Gasteiger partial charge in [0.05, 0.1) is 0 Å². The lowest BCUT2D eigenvalue weighted by Gasteiger charge is -2.40. The molecular weight excluding hydrogens is 256 g/mol. The van der Waals surface area contributed by atoms with Gasteiger partial charge in [-0.25, -0.2) is 0 Å². The molecule has 0 amide bonds. The maximum Gasteiger partial charge on any atom is 0.192 e. The van der Waals surface area contributed by atoms with Gasteiger partial charge in [-0.2, -0.15) is 0 Å². The minimum Gasteiger partial charge on any atom is -0.416 e. The summed E-state index contributed by atoms with van der Waals surface area (Å²) in [4.78, 5) is 1.24. The maximum atomic E-state index is 6.43. The molecule has 3 heteroatoms. The van der Waals surface area contributed by atoms with Crippen molar-refractivity contribution >= 4 is 25.4 Å². The van der Waals surface area contributed by atoms with Crippen LogP contribution in [-0.4, -0.2) is 19.8 Å². The Morgan fingerprint density at radius 2 is 1.83 bits per heavy atom. The minimum atomic E-state index is -1.64. The van der Waals surface area contributed by atoms with Gasteiger partial charge in [0.1, 0.15) is 0 Å². The highest BCUT2D eigenvalue weighted by Gasteiger charge is 2.46. The van der Waals surface area contributed by atoms with E-state index >= 15 is 0 Å². The SMILES string of the molecule is CC1C(=S)C[C@@](C)(CO[Si](C)(C)C(C)(C)C)C1C. The molecule has 1 rings (SSSR count). The predicted octanol–water partition coefficient (Wildman–Crippen LogP) is 5.06. The largest absolute Gasteiger partial charge is 0.416 e. The van der Waals surface area contributed by atoms with Crippen LogP contribution >= 0.6 is 12.2 Å². The molecule has 0 aromatic heterocycles. The van der Waals surface area contributed by atoms with Crippen molar-refractivity contribution in [2.75, 3.05) is 6.61 Å². The van der Waals surface area contributed by atoms with Gasteiger partial charge in [-0.3, -0.25) is 0 Å². The van der Waals surface area contributed by atoms with Crippen LogP contribution < -0.4 is 0 Å². The third-order valence-corrected chi connectivity index (χ3v) is 10.5. The molecule has 0 aromatic rings. The van der Waals surface area contributed by atoms with Crippen LogP contribution in [0.25, 0.3) is 0 Å². The molecule has 0 spiro atoms. The Labute approximate surface area is 120 Å². The summed E-state index contributed by atoms with van der Waals surface area (Å²) in [5.74, 6) is 1.20. The molecule has 0 N–H and O–H groups in total. The van der Waals surface area contributed by atoms with E-state index in [1.165, 1.54) is 4.86 Å². The lowest BCUT2D eigenvalue weighted by molar-refractivity contribution is 0.106. The van der Waals surface area contributed by atoms with Gasteiger partial charge in [0.25, 0.3) is 0 Å². The Morgan fingerprint density at radius 3 is 2.17 bits per heavy atom. The number of thiocarbonyl (C=S) groups is 1. The molecule has 2 unspecified atom stereocenters. The Morgan fingerprint density at radius 1 is 1.33 bits per heavy atom. The fourth-order valence-corrected chi connectivity index (χ4v) is 4.00. The van der Waals surface area contributed by atoms with Crippen LogP contribution in [0.2, 0.25) is 18.1 Å². The second-order valence-electron chi connectivity index (χ2n) is 7.92. The summed E-state index contributed by atoms with van der Waals surface area (Å²) in [5, 5.41) is 0.289. The third-order valence-electron chi connectivity index (χ3n) is 5.50. The van der Waals surface area contributed by atoms with Gasteiger partial charge < -0.3 is 4.43 Å². The second kappa shape index (κ2) is 4.99. The zero-order valence-corrected chi connectivity index (χ0v) is 15.2. The fourth-order valence-electron chi connectivity index (χ4n) is 2.35. The van der Waals surface area contributed by atoms with Gasteiger partial charge in [-0.15, -0.1) is 0 Å². The lowest BCUT2D eigenvalue weighted by Crippen LogP contribution is -2.44. The van der Waals surface area contributed by atoms with Gasteiger partial charge in [0.15, 0.2) is 8.32 Å². The zero-order valence-electron chi connectivity index (χ0n) is 13.4. The topological polar surface area (TPSA) is 9.23 Å². The van der Waals surface area contributed by atoms with Crippen molar-refractivity contribution in [3.05, 3.63) is 0 Å². The van der Waals surface area contributed by atoms with E-state index in [0.29, 0.717) is 11.8 Å². The van der Waals surface area contributed by atoms with E-state index in [4.69, 9.17) is 16.6 Å². The molecule has 1 aliphatic rings. The quantitative estimate of drug-likeness (QED) is 0.530. The smallest absolute Gasteiger partial charge is 0.192 e. The van der Waals surface area contributed by atoms with Crippen LogP contribution in [0.4, 0.5) is 0 Å². The first kappa shape index (κ1) is 16.3. The predicted molar refractivity (Wildman–Crippen MR) is 86.8 cm³/mol. The average molecular weight is 287 g/mol. The summed E-state index contributed by atoms with van der Waals surface area (Å²) < 4.78 is 6.43. The summed E-state index contributed by atoms with van der Waals surface area (Å²) in [6.45, 7) is 19.4. The van der Waals surface area contributed by atoms with E-state index in [0.717, 1.165) is 13.0 Å². The van der Waals surface area contributed by atoms with Crippen LogP contribution in [0.15, 0.2) is 0 Å². The molecule has 0 bridgehead atoms. The van der Waals surface area contributed by atoms with Crippen molar-refractivity contribution in [2.24, 2.45) is 17.3 Å². The first-order valence-electron chi connectivity index (χ1n) is 7.07. The molecule has 0 aliphatic heterocycles. The average Bonchev–Trinajstić information content (AvgIpc) is 2.40. The second-order valence-corrected chi connectivity index (χ2v) is 13.3. The maximum absolute atomic E-state index is 6.43. The van der Waals surface area contributed by atoms with Crippen LogP contribution in [-0.2, 0) is 4.43 Å². The van der Waals surface area contributed by atoms with Crippen LogP contribution in [0.5, 0.6) is 0 Å². The van der Waals surface area contributed by atoms with Gasteiger partial charge in [-0.05, 0) is 46.7 Å². The summed E-state index contributed by atoms with van der Waals surface area (Å²) in [5.41, 5.74) is 0.242. The Hall–Kier alpha value is 0.267. The zero-order chi connectivity index (χ0) is 14.4. The molecular formula is C15H30OSSi. The van der Waals surface area contributed by atoms with Crippen LogP contribution in [0.3, 0.4) is 0 Å². The fraction of sp³-hybridized carbons (Fsp3) is 0.933. The highest BCUT2D eigenvalue weighted by atomic mass is 32.1. The molecule has 0 heterocycles. The highest BCUT2D eigenvalue weighted by Crippen LogP contribution is 2.47. The van der Waals surface area contributed by atoms with Crippen molar-refractivity contribution in [2.45, 2.75) is 66.1 Å². The number of hydrogen-bond acceptors (Lipinski definition) is 2. The molecule has 18 heavy (non-hydrogen) atoms. The molecule has 106 valence electrons. The van der Waals surface area contributed by atoms with E-state index in [1.807, 2.05) is 0 Å². The molecule has 1 aliphatic carbocycles. The van der Waals surface area contributed by atoms with Gasteiger partial charge in [0, 0.05) is 6.61 Å². The van der Waals surface area contributed by atoms with Crippen molar-refractivity contribution in [1.29, 1.82) is 0 Å². The van der Waals surface area contributed by atoms with Crippen molar-refractivity contribution < 1.29 is 4.43 Å². The third kappa shape index (κ3) is 3.05. The normalized spacial score (nSPS) is 34.1. The first-order valence-corrected chi connectivity index (χ1v) is 10.4. The molecule has 3 atom stereocenters. The van der Waals surface area contributed by atoms with E-state index in [9.17, 15) is 0 Å². The van der Waals surface area contributed by atoms with E-state index in [2.05, 4.69) is 54.6 Å². The van der Waals surface area contributed by atoms with Crippen molar-refractivity contribution in [1.82, 2.24) is 0 Å². The van der Waals surface area contributed by atoms with Crippen molar-refractivity contribution in [3.63, 3.8) is 0 Å². The number of rotatable bonds is 3. The standard InChI is InChI=1S/C15H30OSSi/c1-11-12(2)15(6,9-13(11)17)10-16-18(7,8)14(3,4)5/h11-12H,9-10H2,1-8H3/t11?,12?,15-/m0/s1. The molecule has 1 saturated carbocycles. The summed E-state index contributed by atoms with van der Waals surface area (Å²) in [6, 6.07) is 0. The first-order chi connectivity index (χ1) is 7.91. The van der Waals surface area contributed by atoms with Crippen LogP contribution in [0.1, 0.15) is 48.0 Å². The lowest BCUT2D eigenvalue weighted by atomic mass is 9.79. The van der Waals surface area contributed by atoms with E-state index in [1.54, 1.807) is 0 Å². The molecule has 1 fully saturated rings. The summed E-state index contributed by atoms with van der Waals surface area (Å²) >= 11 is 5.50. The summed E-state index contributed by atoms with van der Waals surface area (Å²) in [7, 11) is -1.64. The highest BCUT2D eigenvalue weighted by molar-refractivity contribution is 7.80. The number of hydrogen-bond donors (Lipinski definition) is 0. The Balaban J connectivity index is 2.72. The van der Waals surface area contributed by atoms with Gasteiger partial charge in [0.2, 0.25) is 0 Å².